The van der Waals surface area contributed by atoms with Crippen LogP contribution in [0.15, 0.2) is 12.1 Å². The number of methoxy groups -OCH3 is 2. The van der Waals surface area contributed by atoms with Gasteiger partial charge in [0.1, 0.15) is 5.75 Å². The van der Waals surface area contributed by atoms with E-state index in [1.807, 2.05) is 7.11 Å². The Morgan fingerprint density at radius 1 is 1.22 bits per heavy atom. The van der Waals surface area contributed by atoms with Gasteiger partial charge in [-0.25, -0.2) is 0 Å². The maximum atomic E-state index is 10.1. The SMILES string of the molecule is COc1ccc(CN2CC[C@]3(OC)CC[C@@H](O)C[C@H]23)c(C)c1C. The van der Waals surface area contributed by atoms with Crippen LogP contribution in [0.25, 0.3) is 0 Å². The molecule has 0 radical (unpaired) electrons. The van der Waals surface area contributed by atoms with Crippen LogP contribution in [0.3, 0.4) is 0 Å². The summed E-state index contributed by atoms with van der Waals surface area (Å²) in [4.78, 5) is 2.50. The number of likely N-dealkylation sites (tertiary alicyclic amines) is 1. The molecule has 0 amide bonds. The van der Waals surface area contributed by atoms with Crippen LogP contribution < -0.4 is 4.74 Å². The molecule has 1 aromatic rings. The second-order valence-corrected chi connectivity index (χ2v) is 7.11. The Hall–Kier alpha value is -1.10. The molecule has 128 valence electrons. The van der Waals surface area contributed by atoms with E-state index in [0.717, 1.165) is 44.5 Å². The Balaban J connectivity index is 1.82. The number of aliphatic hydroxyl groups excluding tert-OH is 1. The summed E-state index contributed by atoms with van der Waals surface area (Å²) in [6, 6.07) is 4.55. The van der Waals surface area contributed by atoms with Gasteiger partial charge in [-0.1, -0.05) is 6.07 Å². The lowest BCUT2D eigenvalue weighted by atomic mass is 9.79. The van der Waals surface area contributed by atoms with E-state index < -0.39 is 0 Å². The summed E-state index contributed by atoms with van der Waals surface area (Å²) >= 11 is 0. The van der Waals surface area contributed by atoms with Gasteiger partial charge in [0, 0.05) is 26.2 Å². The van der Waals surface area contributed by atoms with Crippen molar-refractivity contribution in [2.45, 2.75) is 63.8 Å². The zero-order valence-corrected chi connectivity index (χ0v) is 14.8. The summed E-state index contributed by atoms with van der Waals surface area (Å²) < 4.78 is 11.4. The minimum atomic E-state index is -0.192. The molecular weight excluding hydrogens is 290 g/mol. The first-order valence-electron chi connectivity index (χ1n) is 8.61. The summed E-state index contributed by atoms with van der Waals surface area (Å²) in [5.41, 5.74) is 3.80. The molecule has 1 heterocycles. The van der Waals surface area contributed by atoms with E-state index >= 15 is 0 Å². The van der Waals surface area contributed by atoms with E-state index in [2.05, 4.69) is 30.9 Å². The number of hydrogen-bond donors (Lipinski definition) is 1. The number of hydrogen-bond acceptors (Lipinski definition) is 4. The van der Waals surface area contributed by atoms with Crippen molar-refractivity contribution in [2.75, 3.05) is 20.8 Å². The molecule has 1 aromatic carbocycles. The monoisotopic (exact) mass is 319 g/mol. The zero-order valence-electron chi connectivity index (χ0n) is 14.8. The molecule has 1 aliphatic carbocycles. The third-order valence-corrected chi connectivity index (χ3v) is 6.12. The molecule has 1 saturated carbocycles. The molecule has 3 rings (SSSR count). The van der Waals surface area contributed by atoms with E-state index in [1.165, 1.54) is 16.7 Å². The lowest BCUT2D eigenvalue weighted by molar-refractivity contribution is -0.0879. The van der Waals surface area contributed by atoms with Crippen molar-refractivity contribution >= 4 is 0 Å². The van der Waals surface area contributed by atoms with E-state index in [-0.39, 0.29) is 11.7 Å². The normalized spacial score (nSPS) is 31.2. The molecule has 0 unspecified atom stereocenters. The van der Waals surface area contributed by atoms with E-state index in [1.54, 1.807) is 7.11 Å². The molecule has 2 fully saturated rings. The Kier molecular flexibility index (Phi) is 4.68. The molecule has 4 nitrogen and oxygen atoms in total. The standard InChI is InChI=1S/C19H29NO3/c1-13-14(2)17(22-3)6-5-15(13)12-20-10-9-19(23-4)8-7-16(21)11-18(19)20/h5-6,16,18,21H,7-12H2,1-4H3/t16-,18+,19-/m1/s1. The summed E-state index contributed by atoms with van der Waals surface area (Å²) in [5.74, 6) is 0.951. The van der Waals surface area contributed by atoms with Crippen molar-refractivity contribution in [1.29, 1.82) is 0 Å². The van der Waals surface area contributed by atoms with E-state index in [4.69, 9.17) is 9.47 Å². The third kappa shape index (κ3) is 2.88. The smallest absolute Gasteiger partial charge is 0.122 e. The molecular formula is C19H29NO3. The summed E-state index contributed by atoms with van der Waals surface area (Å²) in [6.45, 7) is 6.24. The molecule has 1 saturated heterocycles. The predicted molar refractivity (Wildman–Crippen MR) is 90.9 cm³/mol. The Morgan fingerprint density at radius 3 is 2.70 bits per heavy atom. The third-order valence-electron chi connectivity index (χ3n) is 6.12. The van der Waals surface area contributed by atoms with Gasteiger partial charge in [-0.3, -0.25) is 4.90 Å². The second-order valence-electron chi connectivity index (χ2n) is 7.11. The highest BCUT2D eigenvalue weighted by atomic mass is 16.5. The fourth-order valence-electron chi connectivity index (χ4n) is 4.42. The number of ether oxygens (including phenoxy) is 2. The van der Waals surface area contributed by atoms with Gasteiger partial charge in [-0.05, 0) is 62.3 Å². The largest absolute Gasteiger partial charge is 0.496 e. The molecule has 3 atom stereocenters. The van der Waals surface area contributed by atoms with Crippen molar-refractivity contribution in [3.8, 4) is 5.75 Å². The van der Waals surface area contributed by atoms with Crippen LogP contribution in [0, 0.1) is 13.8 Å². The predicted octanol–water partition coefficient (Wildman–Crippen LogP) is 2.82. The van der Waals surface area contributed by atoms with Gasteiger partial charge in [-0.2, -0.15) is 0 Å². The lowest BCUT2D eigenvalue weighted by Crippen LogP contribution is -2.51. The van der Waals surface area contributed by atoms with Crippen LogP contribution in [-0.2, 0) is 11.3 Å². The van der Waals surface area contributed by atoms with Gasteiger partial charge in [0.2, 0.25) is 0 Å². The average Bonchev–Trinajstić information content (AvgIpc) is 2.91. The van der Waals surface area contributed by atoms with Gasteiger partial charge < -0.3 is 14.6 Å². The van der Waals surface area contributed by atoms with Crippen LogP contribution in [0.1, 0.15) is 42.4 Å². The Bertz CT molecular complexity index is 574. The zero-order chi connectivity index (χ0) is 16.6. The van der Waals surface area contributed by atoms with E-state index in [9.17, 15) is 5.11 Å². The van der Waals surface area contributed by atoms with E-state index in [0.29, 0.717) is 6.04 Å². The molecule has 0 bridgehead atoms. The Labute approximate surface area is 139 Å². The second kappa shape index (κ2) is 6.42. The molecule has 0 aromatic heterocycles. The molecule has 23 heavy (non-hydrogen) atoms. The summed E-state index contributed by atoms with van der Waals surface area (Å²) in [5, 5.41) is 10.1. The number of nitrogens with zero attached hydrogens (tertiary/aromatic N) is 1. The highest BCUT2D eigenvalue weighted by molar-refractivity contribution is 5.43. The number of fused-ring (bicyclic) bond motifs is 1. The first-order valence-corrected chi connectivity index (χ1v) is 8.61. The maximum Gasteiger partial charge on any atom is 0.122 e. The van der Waals surface area contributed by atoms with Crippen LogP contribution >= 0.6 is 0 Å². The lowest BCUT2D eigenvalue weighted by Gasteiger charge is -2.42. The fraction of sp³-hybridized carbons (Fsp3) is 0.684. The molecule has 1 N–H and O–H groups in total. The van der Waals surface area contributed by atoms with Crippen LogP contribution in [-0.4, -0.2) is 48.5 Å². The van der Waals surface area contributed by atoms with Crippen LogP contribution in [0.2, 0.25) is 0 Å². The fourth-order valence-corrected chi connectivity index (χ4v) is 4.42. The highest BCUT2D eigenvalue weighted by Crippen LogP contribution is 2.43. The summed E-state index contributed by atoms with van der Waals surface area (Å²) in [6.07, 6.45) is 3.52. The molecule has 0 spiro atoms. The first-order chi connectivity index (χ1) is 11.0. The van der Waals surface area contributed by atoms with Crippen molar-refractivity contribution in [3.05, 3.63) is 28.8 Å². The van der Waals surface area contributed by atoms with Gasteiger partial charge in [-0.15, -0.1) is 0 Å². The first kappa shape index (κ1) is 16.7. The van der Waals surface area contributed by atoms with Crippen molar-refractivity contribution in [1.82, 2.24) is 4.90 Å². The van der Waals surface area contributed by atoms with Gasteiger partial charge in [0.05, 0.1) is 18.8 Å². The quantitative estimate of drug-likeness (QED) is 0.926. The van der Waals surface area contributed by atoms with Crippen LogP contribution in [0.5, 0.6) is 5.75 Å². The topological polar surface area (TPSA) is 41.9 Å². The minimum absolute atomic E-state index is 0.0609. The van der Waals surface area contributed by atoms with Gasteiger partial charge in [0.15, 0.2) is 0 Å². The Morgan fingerprint density at radius 2 is 2.00 bits per heavy atom. The van der Waals surface area contributed by atoms with Crippen molar-refractivity contribution < 1.29 is 14.6 Å². The number of benzene rings is 1. The van der Waals surface area contributed by atoms with Gasteiger partial charge >= 0.3 is 0 Å². The summed E-state index contributed by atoms with van der Waals surface area (Å²) in [7, 11) is 3.55. The molecule has 4 heteroatoms. The highest BCUT2D eigenvalue weighted by Gasteiger charge is 2.50. The molecule has 1 aliphatic heterocycles. The number of aliphatic hydroxyl groups is 1. The number of rotatable bonds is 4. The maximum absolute atomic E-state index is 10.1. The molecule has 2 aliphatic rings. The van der Waals surface area contributed by atoms with Crippen LogP contribution in [0.4, 0.5) is 0 Å². The average molecular weight is 319 g/mol. The van der Waals surface area contributed by atoms with Crippen molar-refractivity contribution in [3.63, 3.8) is 0 Å². The minimum Gasteiger partial charge on any atom is -0.496 e. The van der Waals surface area contributed by atoms with Crippen molar-refractivity contribution in [2.24, 2.45) is 0 Å². The van der Waals surface area contributed by atoms with Gasteiger partial charge in [0.25, 0.3) is 0 Å².